The minimum Gasteiger partial charge on any atom is -0.493 e. The molecular formula is C27H25N3O4. The Balaban J connectivity index is 1.60. The van der Waals surface area contributed by atoms with E-state index in [0.29, 0.717) is 28.3 Å². The van der Waals surface area contributed by atoms with Crippen LogP contribution >= 0.6 is 0 Å². The van der Waals surface area contributed by atoms with Gasteiger partial charge in [-0.1, -0.05) is 24.3 Å². The van der Waals surface area contributed by atoms with Crippen molar-refractivity contribution >= 4 is 28.4 Å². The van der Waals surface area contributed by atoms with Gasteiger partial charge in [0.15, 0.2) is 11.5 Å². The molecule has 172 valence electrons. The lowest BCUT2D eigenvalue weighted by Gasteiger charge is -2.40. The molecule has 0 saturated heterocycles. The molecule has 0 bridgehead atoms. The normalized spacial score (nSPS) is 17.4. The summed E-state index contributed by atoms with van der Waals surface area (Å²) in [5.74, 6) is 0.169. The third-order valence-corrected chi connectivity index (χ3v) is 6.43. The highest BCUT2D eigenvalue weighted by Crippen LogP contribution is 2.44. The molecule has 7 heteroatoms. The van der Waals surface area contributed by atoms with E-state index >= 15 is 0 Å². The number of rotatable bonds is 5. The van der Waals surface area contributed by atoms with Crippen molar-refractivity contribution in [1.29, 1.82) is 0 Å². The Hall–Kier alpha value is -4.26. The Morgan fingerprint density at radius 2 is 1.76 bits per heavy atom. The van der Waals surface area contributed by atoms with Gasteiger partial charge in [-0.25, -0.2) is 0 Å². The first-order chi connectivity index (χ1) is 16.5. The number of hydrogen-bond donors (Lipinski definition) is 2. The van der Waals surface area contributed by atoms with Crippen molar-refractivity contribution in [3.63, 3.8) is 0 Å². The molecular weight excluding hydrogens is 430 g/mol. The van der Waals surface area contributed by atoms with Crippen LogP contribution in [0.5, 0.6) is 11.5 Å². The van der Waals surface area contributed by atoms with Gasteiger partial charge in [-0.2, -0.15) is 0 Å². The molecule has 0 spiro atoms. The Bertz CT molecular complexity index is 1390. The first-order valence-electron chi connectivity index (χ1n) is 11.0. The summed E-state index contributed by atoms with van der Waals surface area (Å²) in [5.41, 5.74) is 3.70. The molecule has 1 aliphatic heterocycles. The fourth-order valence-corrected chi connectivity index (χ4v) is 4.76. The molecule has 4 aromatic rings. The Morgan fingerprint density at radius 1 is 0.971 bits per heavy atom. The van der Waals surface area contributed by atoms with E-state index in [0.717, 1.165) is 16.5 Å². The largest absolute Gasteiger partial charge is 0.493 e. The van der Waals surface area contributed by atoms with Gasteiger partial charge in [-0.05, 0) is 53.6 Å². The van der Waals surface area contributed by atoms with Crippen LogP contribution in [0, 0.1) is 0 Å². The number of carbonyl (C=O) groups excluding carboxylic acids is 2. The molecule has 34 heavy (non-hydrogen) atoms. The molecule has 0 saturated carbocycles. The molecule has 0 radical (unpaired) electrons. The fourth-order valence-electron chi connectivity index (χ4n) is 4.76. The van der Waals surface area contributed by atoms with Crippen LogP contribution < -0.4 is 14.8 Å². The number of methoxy groups -OCH3 is 2. The van der Waals surface area contributed by atoms with E-state index in [1.165, 1.54) is 0 Å². The summed E-state index contributed by atoms with van der Waals surface area (Å²) in [4.78, 5) is 31.8. The van der Waals surface area contributed by atoms with Gasteiger partial charge in [-0.3, -0.25) is 9.59 Å². The maximum Gasteiger partial charge on any atom is 0.254 e. The minimum atomic E-state index is -0.626. The van der Waals surface area contributed by atoms with Crippen molar-refractivity contribution in [3.05, 3.63) is 89.6 Å². The summed E-state index contributed by atoms with van der Waals surface area (Å²) >= 11 is 0. The molecule has 0 fully saturated rings. The van der Waals surface area contributed by atoms with E-state index in [9.17, 15) is 9.59 Å². The summed E-state index contributed by atoms with van der Waals surface area (Å²) in [7, 11) is 4.86. The predicted molar refractivity (Wildman–Crippen MR) is 130 cm³/mol. The summed E-state index contributed by atoms with van der Waals surface area (Å²) in [6, 6.07) is 19.9. The second kappa shape index (κ2) is 8.59. The number of aromatic nitrogens is 1. The van der Waals surface area contributed by atoms with Crippen LogP contribution in [-0.4, -0.2) is 43.0 Å². The number of benzene rings is 3. The quantitative estimate of drug-likeness (QED) is 0.456. The lowest BCUT2D eigenvalue weighted by atomic mass is 9.79. The number of amides is 2. The van der Waals surface area contributed by atoms with Crippen LogP contribution in [0.25, 0.3) is 10.9 Å². The molecule has 7 nitrogen and oxygen atoms in total. The number of fused-ring (bicyclic) bond motifs is 2. The molecule has 3 aromatic carbocycles. The van der Waals surface area contributed by atoms with E-state index in [-0.39, 0.29) is 11.8 Å². The van der Waals surface area contributed by atoms with Crippen molar-refractivity contribution in [2.45, 2.75) is 12.0 Å². The molecule has 0 aliphatic carbocycles. The number of ether oxygens (including phenoxy) is 2. The van der Waals surface area contributed by atoms with Gasteiger partial charge in [0.1, 0.15) is 0 Å². The van der Waals surface area contributed by atoms with Crippen molar-refractivity contribution in [1.82, 2.24) is 9.88 Å². The number of nitrogens with one attached hydrogen (secondary N) is 2. The maximum absolute atomic E-state index is 13.8. The molecule has 2 atom stereocenters. The van der Waals surface area contributed by atoms with Gasteiger partial charge in [0.05, 0.1) is 26.2 Å². The number of nitrogens with zero attached hydrogens (tertiary/aromatic N) is 1. The van der Waals surface area contributed by atoms with Gasteiger partial charge < -0.3 is 24.7 Å². The number of likely N-dealkylation sites (N-methyl/N-ethyl adjacent to an activating group) is 1. The van der Waals surface area contributed by atoms with E-state index in [2.05, 4.69) is 10.3 Å². The van der Waals surface area contributed by atoms with E-state index in [1.54, 1.807) is 38.3 Å². The van der Waals surface area contributed by atoms with Crippen LogP contribution in [0.3, 0.4) is 0 Å². The van der Waals surface area contributed by atoms with E-state index in [1.807, 2.05) is 60.8 Å². The highest BCUT2D eigenvalue weighted by molar-refractivity contribution is 6.04. The number of aromatic amines is 1. The van der Waals surface area contributed by atoms with Gasteiger partial charge in [-0.15, -0.1) is 0 Å². The first-order valence-corrected chi connectivity index (χ1v) is 11.0. The average molecular weight is 456 g/mol. The van der Waals surface area contributed by atoms with Crippen LogP contribution in [0.1, 0.15) is 33.4 Å². The summed E-state index contributed by atoms with van der Waals surface area (Å²) in [6.07, 6.45) is 1.86. The molecule has 1 aliphatic rings. The Morgan fingerprint density at radius 3 is 2.56 bits per heavy atom. The zero-order chi connectivity index (χ0) is 23.8. The maximum atomic E-state index is 13.8. The third kappa shape index (κ3) is 3.55. The van der Waals surface area contributed by atoms with Crippen LogP contribution in [0.4, 0.5) is 5.69 Å². The van der Waals surface area contributed by atoms with Crippen molar-refractivity contribution in [2.75, 3.05) is 26.6 Å². The zero-order valence-electron chi connectivity index (χ0n) is 19.2. The number of anilines is 1. The lowest BCUT2D eigenvalue weighted by Crippen LogP contribution is -2.44. The SMILES string of the molecule is COc1ccc([C@@H]2[C@H](C(=O)Nc3ccc4[nH]ccc4c3)c3ccccc3C(=O)N2C)cc1OC. The highest BCUT2D eigenvalue weighted by atomic mass is 16.5. The molecule has 0 unspecified atom stereocenters. The van der Waals surface area contributed by atoms with Gasteiger partial charge in [0, 0.05) is 35.4 Å². The monoisotopic (exact) mass is 455 g/mol. The molecule has 1 aromatic heterocycles. The zero-order valence-corrected chi connectivity index (χ0v) is 19.2. The van der Waals surface area contributed by atoms with Crippen LogP contribution in [0.15, 0.2) is 72.9 Å². The van der Waals surface area contributed by atoms with Crippen LogP contribution in [0.2, 0.25) is 0 Å². The topological polar surface area (TPSA) is 83.7 Å². The van der Waals surface area contributed by atoms with Gasteiger partial charge in [0.2, 0.25) is 5.91 Å². The van der Waals surface area contributed by atoms with Crippen molar-refractivity contribution in [3.8, 4) is 11.5 Å². The van der Waals surface area contributed by atoms with E-state index in [4.69, 9.17) is 9.47 Å². The average Bonchev–Trinajstić information content (AvgIpc) is 3.33. The van der Waals surface area contributed by atoms with Crippen molar-refractivity contribution in [2.24, 2.45) is 0 Å². The molecule has 2 N–H and O–H groups in total. The molecule has 2 heterocycles. The number of hydrogen-bond acceptors (Lipinski definition) is 4. The van der Waals surface area contributed by atoms with Crippen LogP contribution in [-0.2, 0) is 4.79 Å². The Kier molecular flexibility index (Phi) is 5.45. The highest BCUT2D eigenvalue weighted by Gasteiger charge is 2.42. The molecule has 5 rings (SSSR count). The summed E-state index contributed by atoms with van der Waals surface area (Å²) < 4.78 is 10.9. The number of carbonyl (C=O) groups is 2. The lowest BCUT2D eigenvalue weighted by molar-refractivity contribution is -0.119. The summed E-state index contributed by atoms with van der Waals surface area (Å²) in [5, 5.41) is 4.08. The standard InChI is InChI=1S/C27H25N3O4/c1-30-25(17-8-11-22(33-2)23(15-17)34-3)24(19-6-4-5-7-20(19)27(30)32)26(31)29-18-9-10-21-16(14-18)12-13-28-21/h4-15,24-25,28H,1-3H3,(H,29,31)/t24-,25-/m1/s1. The van der Waals surface area contributed by atoms with Crippen molar-refractivity contribution < 1.29 is 19.1 Å². The minimum absolute atomic E-state index is 0.131. The second-order valence-electron chi connectivity index (χ2n) is 8.31. The second-order valence-corrected chi connectivity index (χ2v) is 8.31. The van der Waals surface area contributed by atoms with E-state index < -0.39 is 12.0 Å². The third-order valence-electron chi connectivity index (χ3n) is 6.43. The predicted octanol–water partition coefficient (Wildman–Crippen LogP) is 4.73. The fraction of sp³-hybridized carbons (Fsp3) is 0.185. The summed E-state index contributed by atoms with van der Waals surface area (Å²) in [6.45, 7) is 0. The Labute approximate surface area is 197 Å². The first kappa shape index (κ1) is 21.6. The van der Waals surface area contributed by atoms with Gasteiger partial charge >= 0.3 is 0 Å². The number of H-pyrrole nitrogens is 1. The van der Waals surface area contributed by atoms with Gasteiger partial charge in [0.25, 0.3) is 5.91 Å². The molecule has 2 amide bonds. The smallest absolute Gasteiger partial charge is 0.254 e.